The molecule has 106 valence electrons. The van der Waals surface area contributed by atoms with Gasteiger partial charge in [0.05, 0.1) is 0 Å². The molecule has 1 aliphatic heterocycles. The summed E-state index contributed by atoms with van der Waals surface area (Å²) in [5.41, 5.74) is 5.79. The van der Waals surface area contributed by atoms with E-state index in [1.54, 1.807) is 0 Å². The Kier molecular flexibility index (Phi) is 5.50. The van der Waals surface area contributed by atoms with Crippen molar-refractivity contribution in [2.45, 2.75) is 64.8 Å². The lowest BCUT2D eigenvalue weighted by atomic mass is 9.89. The van der Waals surface area contributed by atoms with Crippen molar-refractivity contribution in [3.8, 4) is 0 Å². The monoisotopic (exact) mass is 252 g/mol. The van der Waals surface area contributed by atoms with Crippen molar-refractivity contribution in [3.63, 3.8) is 0 Å². The van der Waals surface area contributed by atoms with Gasteiger partial charge in [0.1, 0.15) is 0 Å². The maximum Gasteiger partial charge on any atom is 0.00953 e. The quantitative estimate of drug-likeness (QED) is 0.781. The first-order valence-electron chi connectivity index (χ1n) is 8.14. The van der Waals surface area contributed by atoms with Gasteiger partial charge in [0.15, 0.2) is 0 Å². The van der Waals surface area contributed by atoms with Gasteiger partial charge in [-0.3, -0.25) is 0 Å². The molecule has 0 spiro atoms. The molecular weight excluding hydrogens is 220 g/mol. The molecule has 0 aromatic carbocycles. The second-order valence-electron chi connectivity index (χ2n) is 6.88. The summed E-state index contributed by atoms with van der Waals surface area (Å²) in [4.78, 5) is 2.77. The third-order valence-electron chi connectivity index (χ3n) is 5.42. The average Bonchev–Trinajstić information content (AvgIpc) is 2.64. The van der Waals surface area contributed by atoms with Crippen LogP contribution in [0.25, 0.3) is 0 Å². The largest absolute Gasteiger partial charge is 0.330 e. The molecule has 1 aliphatic carbocycles. The molecule has 0 aromatic rings. The third kappa shape index (κ3) is 3.71. The Labute approximate surface area is 113 Å². The molecule has 1 saturated heterocycles. The molecule has 2 atom stereocenters. The molecule has 0 amide bonds. The van der Waals surface area contributed by atoms with Crippen LogP contribution in [0.15, 0.2) is 0 Å². The first-order valence-corrected chi connectivity index (χ1v) is 8.14. The Morgan fingerprint density at radius 1 is 1.00 bits per heavy atom. The number of piperidine rings is 1. The van der Waals surface area contributed by atoms with E-state index in [9.17, 15) is 0 Å². The lowest BCUT2D eigenvalue weighted by Gasteiger charge is -2.37. The molecule has 1 heterocycles. The van der Waals surface area contributed by atoms with E-state index in [2.05, 4.69) is 18.7 Å². The van der Waals surface area contributed by atoms with Gasteiger partial charge < -0.3 is 10.6 Å². The summed E-state index contributed by atoms with van der Waals surface area (Å²) in [6.45, 7) is 8.31. The van der Waals surface area contributed by atoms with Crippen molar-refractivity contribution in [2.24, 2.45) is 23.5 Å². The number of nitrogens with two attached hydrogens (primary N) is 1. The number of likely N-dealkylation sites (tertiary alicyclic amines) is 1. The van der Waals surface area contributed by atoms with Crippen LogP contribution in [0.5, 0.6) is 0 Å². The summed E-state index contributed by atoms with van der Waals surface area (Å²) >= 11 is 0. The molecule has 0 aromatic heterocycles. The van der Waals surface area contributed by atoms with Crippen LogP contribution < -0.4 is 5.73 Å². The third-order valence-corrected chi connectivity index (χ3v) is 5.42. The summed E-state index contributed by atoms with van der Waals surface area (Å²) in [5.74, 6) is 2.67. The van der Waals surface area contributed by atoms with E-state index in [1.807, 2.05) is 0 Å². The molecule has 2 aliphatic rings. The molecule has 1 saturated carbocycles. The Balaban J connectivity index is 1.80. The van der Waals surface area contributed by atoms with E-state index in [1.165, 1.54) is 58.0 Å². The van der Waals surface area contributed by atoms with Crippen LogP contribution in [0.1, 0.15) is 58.8 Å². The molecule has 0 bridgehead atoms. The lowest BCUT2D eigenvalue weighted by Crippen LogP contribution is -2.42. The van der Waals surface area contributed by atoms with Crippen LogP contribution in [-0.2, 0) is 0 Å². The van der Waals surface area contributed by atoms with Crippen molar-refractivity contribution in [1.82, 2.24) is 4.90 Å². The van der Waals surface area contributed by atoms with E-state index in [-0.39, 0.29) is 0 Å². The predicted molar refractivity (Wildman–Crippen MR) is 78.6 cm³/mol. The second-order valence-corrected chi connectivity index (χ2v) is 6.88. The maximum absolute atomic E-state index is 5.79. The first kappa shape index (κ1) is 14.3. The molecule has 2 N–H and O–H groups in total. The Morgan fingerprint density at radius 3 is 2.33 bits per heavy atom. The summed E-state index contributed by atoms with van der Waals surface area (Å²) in [7, 11) is 0. The summed E-state index contributed by atoms with van der Waals surface area (Å²) in [6, 6.07) is 0.882. The minimum absolute atomic E-state index is 0.801. The van der Waals surface area contributed by atoms with Crippen molar-refractivity contribution < 1.29 is 0 Å². The van der Waals surface area contributed by atoms with Crippen LogP contribution in [0.3, 0.4) is 0 Å². The van der Waals surface area contributed by atoms with Gasteiger partial charge in [-0.1, -0.05) is 26.7 Å². The lowest BCUT2D eigenvalue weighted by molar-refractivity contribution is 0.122. The van der Waals surface area contributed by atoms with Crippen LogP contribution in [0.2, 0.25) is 0 Å². The Hall–Kier alpha value is -0.0800. The zero-order valence-electron chi connectivity index (χ0n) is 12.4. The van der Waals surface area contributed by atoms with Gasteiger partial charge in [-0.15, -0.1) is 0 Å². The first-order chi connectivity index (χ1) is 8.70. The summed E-state index contributed by atoms with van der Waals surface area (Å²) in [5, 5.41) is 0. The zero-order chi connectivity index (χ0) is 13.0. The topological polar surface area (TPSA) is 29.3 Å². The molecule has 18 heavy (non-hydrogen) atoms. The standard InChI is InChI=1S/C16H32N2/c1-13(2)15-4-3-5-16(7-6-15)18-10-8-14(12-17)9-11-18/h13-16H,3-12,17H2,1-2H3. The van der Waals surface area contributed by atoms with Crippen molar-refractivity contribution >= 4 is 0 Å². The molecule has 2 fully saturated rings. The van der Waals surface area contributed by atoms with Crippen LogP contribution in [0.4, 0.5) is 0 Å². The second kappa shape index (κ2) is 6.91. The molecule has 2 heteroatoms. The maximum atomic E-state index is 5.79. The number of rotatable bonds is 3. The van der Waals surface area contributed by atoms with Crippen molar-refractivity contribution in [3.05, 3.63) is 0 Å². The fourth-order valence-electron chi connectivity index (χ4n) is 3.90. The van der Waals surface area contributed by atoms with Gasteiger partial charge in [0, 0.05) is 6.04 Å². The van der Waals surface area contributed by atoms with Crippen molar-refractivity contribution in [1.29, 1.82) is 0 Å². The zero-order valence-corrected chi connectivity index (χ0v) is 12.4. The highest BCUT2D eigenvalue weighted by atomic mass is 15.2. The van der Waals surface area contributed by atoms with E-state index in [0.29, 0.717) is 0 Å². The molecule has 2 nitrogen and oxygen atoms in total. The fraction of sp³-hybridized carbons (Fsp3) is 1.00. The van der Waals surface area contributed by atoms with E-state index in [0.717, 1.165) is 30.3 Å². The smallest absolute Gasteiger partial charge is 0.00953 e. The van der Waals surface area contributed by atoms with Gasteiger partial charge in [-0.25, -0.2) is 0 Å². The van der Waals surface area contributed by atoms with Gasteiger partial charge in [-0.05, 0) is 69.5 Å². The SMILES string of the molecule is CC(C)C1CCCC(N2CCC(CN)CC2)CC1. The average molecular weight is 252 g/mol. The normalized spacial score (nSPS) is 32.7. The molecular formula is C16H32N2. The molecule has 2 unspecified atom stereocenters. The fourth-order valence-corrected chi connectivity index (χ4v) is 3.90. The van der Waals surface area contributed by atoms with Crippen molar-refractivity contribution in [2.75, 3.05) is 19.6 Å². The van der Waals surface area contributed by atoms with Crippen LogP contribution in [-0.4, -0.2) is 30.6 Å². The van der Waals surface area contributed by atoms with Gasteiger partial charge >= 0.3 is 0 Å². The van der Waals surface area contributed by atoms with Gasteiger partial charge in [-0.2, -0.15) is 0 Å². The summed E-state index contributed by atoms with van der Waals surface area (Å²) in [6.07, 6.45) is 9.92. The van der Waals surface area contributed by atoms with E-state index < -0.39 is 0 Å². The Bertz CT molecular complexity index is 231. The molecule has 0 radical (unpaired) electrons. The highest BCUT2D eigenvalue weighted by Gasteiger charge is 2.27. The van der Waals surface area contributed by atoms with Gasteiger partial charge in [0.2, 0.25) is 0 Å². The molecule has 2 rings (SSSR count). The van der Waals surface area contributed by atoms with E-state index >= 15 is 0 Å². The predicted octanol–water partition coefficient (Wildman–Crippen LogP) is 3.26. The Morgan fingerprint density at radius 2 is 1.72 bits per heavy atom. The minimum atomic E-state index is 0.801. The van der Waals surface area contributed by atoms with Crippen LogP contribution >= 0.6 is 0 Å². The number of hydrogen-bond donors (Lipinski definition) is 1. The number of nitrogens with zero attached hydrogens (tertiary/aromatic N) is 1. The highest BCUT2D eigenvalue weighted by Crippen LogP contribution is 2.32. The van der Waals surface area contributed by atoms with E-state index in [4.69, 9.17) is 5.73 Å². The van der Waals surface area contributed by atoms with Gasteiger partial charge in [0.25, 0.3) is 0 Å². The summed E-state index contributed by atoms with van der Waals surface area (Å²) < 4.78 is 0. The number of hydrogen-bond acceptors (Lipinski definition) is 2. The minimum Gasteiger partial charge on any atom is -0.330 e. The van der Waals surface area contributed by atoms with Crippen LogP contribution in [0, 0.1) is 17.8 Å². The highest BCUT2D eigenvalue weighted by molar-refractivity contribution is 4.82.